The molecule has 0 aliphatic heterocycles. The number of rotatable bonds is 5. The zero-order valence-electron chi connectivity index (χ0n) is 13.3. The molecule has 0 bridgehead atoms. The summed E-state index contributed by atoms with van der Waals surface area (Å²) in [6, 6.07) is 19.7. The molecule has 1 amide bonds. The van der Waals surface area contributed by atoms with Gasteiger partial charge in [-0.05, 0) is 53.6 Å². The molecule has 0 saturated heterocycles. The molecular formula is C20H18FNO2. The van der Waals surface area contributed by atoms with Crippen LogP contribution in [0.1, 0.15) is 18.5 Å². The third kappa shape index (κ3) is 3.90. The lowest BCUT2D eigenvalue weighted by atomic mass is 10.0. The van der Waals surface area contributed by atoms with Crippen LogP contribution in [0.4, 0.5) is 4.39 Å². The maximum absolute atomic E-state index is 12.8. The lowest BCUT2D eigenvalue weighted by Crippen LogP contribution is -2.31. The highest BCUT2D eigenvalue weighted by molar-refractivity contribution is 5.83. The van der Waals surface area contributed by atoms with Gasteiger partial charge in [0.05, 0.1) is 6.04 Å². The van der Waals surface area contributed by atoms with Crippen molar-refractivity contribution >= 4 is 16.7 Å². The Kier molecular flexibility index (Phi) is 4.75. The minimum Gasteiger partial charge on any atom is -0.484 e. The molecule has 0 fully saturated rings. The van der Waals surface area contributed by atoms with Crippen LogP contribution in [-0.4, -0.2) is 12.5 Å². The van der Waals surface area contributed by atoms with Gasteiger partial charge < -0.3 is 10.1 Å². The first-order valence-electron chi connectivity index (χ1n) is 7.78. The van der Waals surface area contributed by atoms with E-state index in [2.05, 4.69) is 17.4 Å². The van der Waals surface area contributed by atoms with Crippen LogP contribution in [0.25, 0.3) is 10.8 Å². The SMILES string of the molecule is C[C@H](NC(=O)COc1ccc(F)cc1)c1ccc2ccccc2c1. The molecule has 4 heteroatoms. The maximum atomic E-state index is 12.8. The van der Waals surface area contributed by atoms with Crippen molar-refractivity contribution < 1.29 is 13.9 Å². The van der Waals surface area contributed by atoms with Crippen LogP contribution in [0.5, 0.6) is 5.75 Å². The van der Waals surface area contributed by atoms with Crippen molar-refractivity contribution in [3.05, 3.63) is 78.1 Å². The number of carbonyl (C=O) groups excluding carboxylic acids is 1. The second-order valence-electron chi connectivity index (χ2n) is 5.64. The van der Waals surface area contributed by atoms with Gasteiger partial charge in [0.15, 0.2) is 6.61 Å². The number of carbonyl (C=O) groups is 1. The molecule has 24 heavy (non-hydrogen) atoms. The lowest BCUT2D eigenvalue weighted by Gasteiger charge is -2.15. The highest BCUT2D eigenvalue weighted by Gasteiger charge is 2.10. The van der Waals surface area contributed by atoms with E-state index in [-0.39, 0.29) is 24.4 Å². The first-order valence-corrected chi connectivity index (χ1v) is 7.78. The summed E-state index contributed by atoms with van der Waals surface area (Å²) < 4.78 is 18.2. The van der Waals surface area contributed by atoms with E-state index in [9.17, 15) is 9.18 Å². The highest BCUT2D eigenvalue weighted by atomic mass is 19.1. The van der Waals surface area contributed by atoms with Gasteiger partial charge in [-0.3, -0.25) is 4.79 Å². The fraction of sp³-hybridized carbons (Fsp3) is 0.150. The third-order valence-electron chi connectivity index (χ3n) is 3.83. The number of amides is 1. The number of halogens is 1. The summed E-state index contributed by atoms with van der Waals surface area (Å²) in [4.78, 5) is 12.0. The third-order valence-corrected chi connectivity index (χ3v) is 3.83. The Hall–Kier alpha value is -2.88. The van der Waals surface area contributed by atoms with Crippen LogP contribution in [-0.2, 0) is 4.79 Å². The Labute approximate surface area is 140 Å². The topological polar surface area (TPSA) is 38.3 Å². The Morgan fingerprint density at radius 1 is 1.04 bits per heavy atom. The van der Waals surface area contributed by atoms with E-state index in [0.29, 0.717) is 5.75 Å². The fourth-order valence-electron chi connectivity index (χ4n) is 2.52. The number of hydrogen-bond donors (Lipinski definition) is 1. The van der Waals surface area contributed by atoms with Gasteiger partial charge in [-0.1, -0.05) is 36.4 Å². The smallest absolute Gasteiger partial charge is 0.258 e. The fourth-order valence-corrected chi connectivity index (χ4v) is 2.52. The van der Waals surface area contributed by atoms with Gasteiger partial charge in [0.1, 0.15) is 11.6 Å². The van der Waals surface area contributed by atoms with Gasteiger partial charge in [0.25, 0.3) is 5.91 Å². The van der Waals surface area contributed by atoms with E-state index in [4.69, 9.17) is 4.74 Å². The molecule has 3 nitrogen and oxygen atoms in total. The summed E-state index contributed by atoms with van der Waals surface area (Å²) in [6.07, 6.45) is 0. The second-order valence-corrected chi connectivity index (χ2v) is 5.64. The summed E-state index contributed by atoms with van der Waals surface area (Å²) in [7, 11) is 0. The summed E-state index contributed by atoms with van der Waals surface area (Å²) in [6.45, 7) is 1.82. The van der Waals surface area contributed by atoms with Crippen molar-refractivity contribution in [1.82, 2.24) is 5.32 Å². The number of benzene rings is 3. The van der Waals surface area contributed by atoms with E-state index >= 15 is 0 Å². The number of ether oxygens (including phenoxy) is 1. The summed E-state index contributed by atoms with van der Waals surface area (Å²) >= 11 is 0. The standard InChI is InChI=1S/C20H18FNO2/c1-14(16-7-6-15-4-2-3-5-17(15)12-16)22-20(23)13-24-19-10-8-18(21)9-11-19/h2-12,14H,13H2,1H3,(H,22,23)/t14-/m0/s1. The van der Waals surface area contributed by atoms with Crippen molar-refractivity contribution in [1.29, 1.82) is 0 Å². The maximum Gasteiger partial charge on any atom is 0.258 e. The summed E-state index contributed by atoms with van der Waals surface area (Å²) in [5.74, 6) is -0.0957. The summed E-state index contributed by atoms with van der Waals surface area (Å²) in [5.41, 5.74) is 1.03. The van der Waals surface area contributed by atoms with Crippen molar-refractivity contribution in [3.8, 4) is 5.75 Å². The molecule has 3 aromatic carbocycles. The van der Waals surface area contributed by atoms with Crippen LogP contribution in [0.3, 0.4) is 0 Å². The molecule has 0 aliphatic rings. The second kappa shape index (κ2) is 7.13. The van der Waals surface area contributed by atoms with Gasteiger partial charge >= 0.3 is 0 Å². The predicted molar refractivity (Wildman–Crippen MR) is 92.4 cm³/mol. The molecule has 0 aromatic heterocycles. The van der Waals surface area contributed by atoms with Gasteiger partial charge in [-0.15, -0.1) is 0 Å². The van der Waals surface area contributed by atoms with E-state index < -0.39 is 0 Å². The lowest BCUT2D eigenvalue weighted by molar-refractivity contribution is -0.123. The first kappa shape index (κ1) is 16.0. The number of fused-ring (bicyclic) bond motifs is 1. The Morgan fingerprint density at radius 3 is 2.50 bits per heavy atom. The average molecular weight is 323 g/mol. The van der Waals surface area contributed by atoms with Crippen LogP contribution >= 0.6 is 0 Å². The van der Waals surface area contributed by atoms with Gasteiger partial charge in [0.2, 0.25) is 0 Å². The molecule has 3 rings (SSSR count). The minimum atomic E-state index is -0.336. The van der Waals surface area contributed by atoms with Gasteiger partial charge in [-0.2, -0.15) is 0 Å². The molecule has 0 radical (unpaired) electrons. The highest BCUT2D eigenvalue weighted by Crippen LogP contribution is 2.20. The molecule has 0 unspecified atom stereocenters. The Morgan fingerprint density at radius 2 is 1.75 bits per heavy atom. The predicted octanol–water partition coefficient (Wildman–Crippen LogP) is 4.24. The normalized spacial score (nSPS) is 11.9. The largest absolute Gasteiger partial charge is 0.484 e. The van der Waals surface area contributed by atoms with Crippen LogP contribution in [0.2, 0.25) is 0 Å². The van der Waals surface area contributed by atoms with E-state index in [1.807, 2.05) is 37.3 Å². The molecular weight excluding hydrogens is 305 g/mol. The van der Waals surface area contributed by atoms with Crippen molar-refractivity contribution in [2.75, 3.05) is 6.61 Å². The zero-order valence-corrected chi connectivity index (χ0v) is 13.3. The van der Waals surface area contributed by atoms with Crippen molar-refractivity contribution in [3.63, 3.8) is 0 Å². The Balaban J connectivity index is 1.59. The van der Waals surface area contributed by atoms with Crippen LogP contribution in [0.15, 0.2) is 66.7 Å². The van der Waals surface area contributed by atoms with Crippen molar-refractivity contribution in [2.45, 2.75) is 13.0 Å². The average Bonchev–Trinajstić information content (AvgIpc) is 2.61. The van der Waals surface area contributed by atoms with Crippen molar-refractivity contribution in [2.24, 2.45) is 0 Å². The van der Waals surface area contributed by atoms with E-state index in [0.717, 1.165) is 10.9 Å². The van der Waals surface area contributed by atoms with Gasteiger partial charge in [0, 0.05) is 0 Å². The zero-order chi connectivity index (χ0) is 16.9. The molecule has 0 saturated carbocycles. The number of nitrogens with one attached hydrogen (secondary N) is 1. The molecule has 122 valence electrons. The van der Waals surface area contributed by atoms with E-state index in [1.165, 1.54) is 29.7 Å². The quantitative estimate of drug-likeness (QED) is 0.763. The van der Waals surface area contributed by atoms with E-state index in [1.54, 1.807) is 0 Å². The van der Waals surface area contributed by atoms with Crippen LogP contribution < -0.4 is 10.1 Å². The molecule has 0 heterocycles. The number of hydrogen-bond acceptors (Lipinski definition) is 2. The Bertz CT molecular complexity index is 846. The molecule has 0 aliphatic carbocycles. The molecule has 0 spiro atoms. The monoisotopic (exact) mass is 323 g/mol. The first-order chi connectivity index (χ1) is 11.6. The molecule has 1 N–H and O–H groups in total. The molecule has 3 aromatic rings. The van der Waals surface area contributed by atoms with Gasteiger partial charge in [-0.25, -0.2) is 4.39 Å². The molecule has 1 atom stereocenters. The minimum absolute atomic E-state index is 0.108. The van der Waals surface area contributed by atoms with Crippen LogP contribution in [0, 0.1) is 5.82 Å². The summed E-state index contributed by atoms with van der Waals surface area (Å²) in [5, 5.41) is 5.21.